The van der Waals surface area contributed by atoms with Gasteiger partial charge in [0.05, 0.1) is 17.8 Å². The highest BCUT2D eigenvalue weighted by Crippen LogP contribution is 2.19. The number of terminal acetylenes is 1. The molecular formula is C12H13ClN4O. The lowest BCUT2D eigenvalue weighted by Gasteiger charge is -2.15. The van der Waals surface area contributed by atoms with Crippen molar-refractivity contribution in [2.24, 2.45) is 0 Å². The van der Waals surface area contributed by atoms with Crippen molar-refractivity contribution in [2.75, 3.05) is 24.5 Å². The average molecular weight is 265 g/mol. The van der Waals surface area contributed by atoms with E-state index in [9.17, 15) is 4.79 Å². The highest BCUT2D eigenvalue weighted by Gasteiger charge is 2.19. The van der Waals surface area contributed by atoms with Gasteiger partial charge in [-0.1, -0.05) is 17.5 Å². The van der Waals surface area contributed by atoms with Gasteiger partial charge in [0.1, 0.15) is 0 Å². The number of anilines is 1. The molecule has 0 aromatic carbocycles. The molecule has 1 N–H and O–H groups in total. The number of rotatable bonds is 3. The molecule has 1 saturated heterocycles. The van der Waals surface area contributed by atoms with Crippen molar-refractivity contribution >= 4 is 23.5 Å². The zero-order valence-electron chi connectivity index (χ0n) is 9.82. The van der Waals surface area contributed by atoms with Gasteiger partial charge in [0, 0.05) is 13.1 Å². The number of amides is 1. The molecule has 0 bridgehead atoms. The standard InChI is InChI=1S/C12H13ClN4O/c1-2-5-14-11(18)10-9(13)8-15-12(16-10)17-6-3-4-7-17/h1,8H,3-7H2,(H,14,18). The van der Waals surface area contributed by atoms with E-state index in [1.54, 1.807) is 0 Å². The first-order valence-electron chi connectivity index (χ1n) is 5.71. The van der Waals surface area contributed by atoms with Gasteiger partial charge in [-0.15, -0.1) is 6.42 Å². The minimum Gasteiger partial charge on any atom is -0.341 e. The Kier molecular flexibility index (Phi) is 4.00. The molecule has 18 heavy (non-hydrogen) atoms. The van der Waals surface area contributed by atoms with Crippen LogP contribution in [0.1, 0.15) is 23.3 Å². The van der Waals surface area contributed by atoms with E-state index in [1.807, 2.05) is 4.90 Å². The van der Waals surface area contributed by atoms with Crippen LogP contribution in [0, 0.1) is 12.3 Å². The Morgan fingerprint density at radius 1 is 1.56 bits per heavy atom. The van der Waals surface area contributed by atoms with E-state index in [2.05, 4.69) is 21.2 Å². The normalized spacial score (nSPS) is 14.3. The monoisotopic (exact) mass is 264 g/mol. The molecule has 2 heterocycles. The van der Waals surface area contributed by atoms with Gasteiger partial charge in [0.2, 0.25) is 5.95 Å². The summed E-state index contributed by atoms with van der Waals surface area (Å²) in [6, 6.07) is 0. The highest BCUT2D eigenvalue weighted by atomic mass is 35.5. The molecule has 0 aliphatic carbocycles. The minimum atomic E-state index is -0.374. The first-order chi connectivity index (χ1) is 8.72. The van der Waals surface area contributed by atoms with Crippen LogP contribution in [0.15, 0.2) is 6.20 Å². The van der Waals surface area contributed by atoms with Crippen molar-refractivity contribution < 1.29 is 4.79 Å². The van der Waals surface area contributed by atoms with Crippen LogP contribution in [0.2, 0.25) is 5.02 Å². The molecule has 0 atom stereocenters. The van der Waals surface area contributed by atoms with Gasteiger partial charge in [-0.3, -0.25) is 4.79 Å². The lowest BCUT2D eigenvalue weighted by atomic mass is 10.3. The second-order valence-corrected chi connectivity index (χ2v) is 4.35. The van der Waals surface area contributed by atoms with Crippen molar-refractivity contribution in [3.8, 4) is 12.3 Å². The number of hydrogen-bond donors (Lipinski definition) is 1. The maximum Gasteiger partial charge on any atom is 0.272 e. The van der Waals surface area contributed by atoms with E-state index >= 15 is 0 Å². The smallest absolute Gasteiger partial charge is 0.272 e. The first-order valence-corrected chi connectivity index (χ1v) is 6.09. The van der Waals surface area contributed by atoms with Crippen molar-refractivity contribution in [3.05, 3.63) is 16.9 Å². The van der Waals surface area contributed by atoms with Gasteiger partial charge in [0.15, 0.2) is 5.69 Å². The second-order valence-electron chi connectivity index (χ2n) is 3.95. The van der Waals surface area contributed by atoms with Crippen molar-refractivity contribution in [1.82, 2.24) is 15.3 Å². The summed E-state index contributed by atoms with van der Waals surface area (Å²) in [4.78, 5) is 22.2. The molecule has 5 nitrogen and oxygen atoms in total. The number of carbonyl (C=O) groups excluding carboxylic acids is 1. The van der Waals surface area contributed by atoms with E-state index in [1.165, 1.54) is 6.20 Å². The molecule has 0 spiro atoms. The van der Waals surface area contributed by atoms with Crippen molar-refractivity contribution in [1.29, 1.82) is 0 Å². The zero-order chi connectivity index (χ0) is 13.0. The summed E-state index contributed by atoms with van der Waals surface area (Å²) in [6.07, 6.45) is 8.77. The van der Waals surface area contributed by atoms with Gasteiger partial charge < -0.3 is 10.2 Å². The predicted molar refractivity (Wildman–Crippen MR) is 69.7 cm³/mol. The van der Waals surface area contributed by atoms with Gasteiger partial charge in [0.25, 0.3) is 5.91 Å². The number of nitrogens with one attached hydrogen (secondary N) is 1. The summed E-state index contributed by atoms with van der Waals surface area (Å²) in [5.74, 6) is 2.50. The average Bonchev–Trinajstić information content (AvgIpc) is 2.90. The molecule has 94 valence electrons. The number of nitrogens with zero attached hydrogens (tertiary/aromatic N) is 3. The van der Waals surface area contributed by atoms with Crippen molar-refractivity contribution in [2.45, 2.75) is 12.8 Å². The van der Waals surface area contributed by atoms with Gasteiger partial charge in [-0.2, -0.15) is 0 Å². The lowest BCUT2D eigenvalue weighted by molar-refractivity contribution is 0.0954. The Hall–Kier alpha value is -1.80. The van der Waals surface area contributed by atoms with Crippen LogP contribution < -0.4 is 10.2 Å². The third-order valence-corrected chi connectivity index (χ3v) is 2.96. The molecular weight excluding hydrogens is 252 g/mol. The van der Waals surface area contributed by atoms with Crippen LogP contribution in [0.3, 0.4) is 0 Å². The first kappa shape index (κ1) is 12.7. The molecule has 1 fully saturated rings. The van der Waals surface area contributed by atoms with Crippen LogP contribution in [0.4, 0.5) is 5.95 Å². The Labute approximate surface area is 111 Å². The summed E-state index contributed by atoms with van der Waals surface area (Å²) in [5.41, 5.74) is 0.170. The molecule has 2 rings (SSSR count). The lowest BCUT2D eigenvalue weighted by Crippen LogP contribution is -2.27. The Bertz CT molecular complexity index is 491. The van der Waals surface area contributed by atoms with Crippen LogP contribution in [0.25, 0.3) is 0 Å². The summed E-state index contributed by atoms with van der Waals surface area (Å²) in [7, 11) is 0. The largest absolute Gasteiger partial charge is 0.341 e. The van der Waals surface area contributed by atoms with Crippen LogP contribution >= 0.6 is 11.6 Å². The predicted octanol–water partition coefficient (Wildman–Crippen LogP) is 1.09. The molecule has 0 saturated carbocycles. The fourth-order valence-electron chi connectivity index (χ4n) is 1.80. The fraction of sp³-hybridized carbons (Fsp3) is 0.417. The van der Waals surface area contributed by atoms with E-state index in [-0.39, 0.29) is 23.2 Å². The number of aromatic nitrogens is 2. The van der Waals surface area contributed by atoms with Crippen LogP contribution in [-0.4, -0.2) is 35.5 Å². The quantitative estimate of drug-likeness (QED) is 0.831. The summed E-state index contributed by atoms with van der Waals surface area (Å²) < 4.78 is 0. The van der Waals surface area contributed by atoms with Crippen LogP contribution in [0.5, 0.6) is 0 Å². The number of halogens is 1. The van der Waals surface area contributed by atoms with E-state index in [4.69, 9.17) is 18.0 Å². The molecule has 6 heteroatoms. The number of hydrogen-bond acceptors (Lipinski definition) is 4. The molecule has 1 aromatic rings. The van der Waals surface area contributed by atoms with Gasteiger partial charge >= 0.3 is 0 Å². The fourth-order valence-corrected chi connectivity index (χ4v) is 1.98. The Balaban J connectivity index is 2.21. The molecule has 1 aliphatic rings. The molecule has 0 unspecified atom stereocenters. The van der Waals surface area contributed by atoms with Crippen molar-refractivity contribution in [3.63, 3.8) is 0 Å². The molecule has 0 radical (unpaired) electrons. The highest BCUT2D eigenvalue weighted by molar-refractivity contribution is 6.33. The van der Waals surface area contributed by atoms with E-state index in [0.717, 1.165) is 25.9 Å². The van der Waals surface area contributed by atoms with E-state index in [0.29, 0.717) is 5.95 Å². The number of carbonyl (C=O) groups is 1. The maximum atomic E-state index is 11.8. The molecule has 1 aliphatic heterocycles. The minimum absolute atomic E-state index is 0.151. The summed E-state index contributed by atoms with van der Waals surface area (Å²) in [6.45, 7) is 1.97. The SMILES string of the molecule is C#CCNC(=O)c1nc(N2CCCC2)ncc1Cl. The third kappa shape index (κ3) is 2.71. The van der Waals surface area contributed by atoms with E-state index < -0.39 is 0 Å². The topological polar surface area (TPSA) is 58.1 Å². The zero-order valence-corrected chi connectivity index (χ0v) is 10.6. The molecule has 1 amide bonds. The molecule has 1 aromatic heterocycles. The summed E-state index contributed by atoms with van der Waals surface area (Å²) in [5, 5.41) is 2.77. The Morgan fingerprint density at radius 3 is 2.94 bits per heavy atom. The second kappa shape index (κ2) is 5.69. The van der Waals surface area contributed by atoms with Crippen LogP contribution in [-0.2, 0) is 0 Å². The Morgan fingerprint density at radius 2 is 2.28 bits per heavy atom. The van der Waals surface area contributed by atoms with Gasteiger partial charge in [-0.25, -0.2) is 9.97 Å². The summed E-state index contributed by atoms with van der Waals surface area (Å²) >= 11 is 5.92. The third-order valence-electron chi connectivity index (χ3n) is 2.69. The van der Waals surface area contributed by atoms with Gasteiger partial charge in [-0.05, 0) is 12.8 Å². The maximum absolute atomic E-state index is 11.8.